The van der Waals surface area contributed by atoms with E-state index in [9.17, 15) is 14.0 Å². The molecular weight excluding hydrogens is 303 g/mol. The molecule has 0 saturated carbocycles. The van der Waals surface area contributed by atoms with Gasteiger partial charge >= 0.3 is 0 Å². The Bertz CT molecular complexity index is 729. The number of halogens is 1. The van der Waals surface area contributed by atoms with Crippen molar-refractivity contribution in [2.45, 2.75) is 33.2 Å². The molecule has 0 radical (unpaired) electrons. The average molecular weight is 320 g/mol. The highest BCUT2D eigenvalue weighted by Crippen LogP contribution is 2.15. The molecular formula is C15H17FN4O3. The number of anilines is 1. The number of amides is 2. The van der Waals surface area contributed by atoms with Gasteiger partial charge in [-0.2, -0.15) is 0 Å². The SMILES string of the molecule is Cc1cc(F)ccc1NC(=O)C(C)NC(=O)Cc1nonc1C. The first kappa shape index (κ1) is 16.6. The zero-order valence-corrected chi connectivity index (χ0v) is 13.0. The second-order valence-corrected chi connectivity index (χ2v) is 5.21. The second-order valence-electron chi connectivity index (χ2n) is 5.21. The number of aryl methyl sites for hydroxylation is 2. The maximum absolute atomic E-state index is 13.0. The largest absolute Gasteiger partial charge is 0.344 e. The molecule has 2 aromatic rings. The average Bonchev–Trinajstić information content (AvgIpc) is 2.87. The zero-order chi connectivity index (χ0) is 17.0. The van der Waals surface area contributed by atoms with E-state index in [0.29, 0.717) is 22.6 Å². The molecule has 1 atom stereocenters. The maximum Gasteiger partial charge on any atom is 0.246 e. The smallest absolute Gasteiger partial charge is 0.246 e. The maximum atomic E-state index is 13.0. The molecule has 1 heterocycles. The lowest BCUT2D eigenvalue weighted by Crippen LogP contribution is -2.42. The van der Waals surface area contributed by atoms with E-state index in [0.717, 1.165) is 0 Å². The van der Waals surface area contributed by atoms with Crippen LogP contribution in [0.4, 0.5) is 10.1 Å². The molecule has 0 aliphatic carbocycles. The van der Waals surface area contributed by atoms with Crippen molar-refractivity contribution in [3.05, 3.63) is 41.0 Å². The van der Waals surface area contributed by atoms with E-state index in [-0.39, 0.29) is 18.1 Å². The summed E-state index contributed by atoms with van der Waals surface area (Å²) in [6.07, 6.45) is -0.0253. The van der Waals surface area contributed by atoms with Gasteiger partial charge in [-0.3, -0.25) is 9.59 Å². The van der Waals surface area contributed by atoms with Crippen LogP contribution in [0.5, 0.6) is 0 Å². The third-order valence-corrected chi connectivity index (χ3v) is 3.29. The fraction of sp³-hybridized carbons (Fsp3) is 0.333. The van der Waals surface area contributed by atoms with Gasteiger partial charge in [0, 0.05) is 5.69 Å². The van der Waals surface area contributed by atoms with Gasteiger partial charge in [-0.15, -0.1) is 0 Å². The summed E-state index contributed by atoms with van der Waals surface area (Å²) in [4.78, 5) is 24.0. The number of nitrogens with zero attached hydrogens (tertiary/aromatic N) is 2. The molecule has 0 spiro atoms. The summed E-state index contributed by atoms with van der Waals surface area (Å²) in [7, 11) is 0. The van der Waals surface area contributed by atoms with Crippen molar-refractivity contribution >= 4 is 17.5 Å². The van der Waals surface area contributed by atoms with Crippen LogP contribution in [0.1, 0.15) is 23.9 Å². The van der Waals surface area contributed by atoms with Crippen molar-refractivity contribution in [2.75, 3.05) is 5.32 Å². The summed E-state index contributed by atoms with van der Waals surface area (Å²) in [6.45, 7) is 4.91. The van der Waals surface area contributed by atoms with Crippen molar-refractivity contribution in [1.82, 2.24) is 15.6 Å². The topological polar surface area (TPSA) is 97.1 Å². The Morgan fingerprint density at radius 1 is 1.30 bits per heavy atom. The van der Waals surface area contributed by atoms with E-state index >= 15 is 0 Å². The molecule has 2 rings (SSSR count). The lowest BCUT2D eigenvalue weighted by Gasteiger charge is -2.15. The molecule has 8 heteroatoms. The van der Waals surface area contributed by atoms with Crippen LogP contribution in [-0.4, -0.2) is 28.2 Å². The minimum Gasteiger partial charge on any atom is -0.344 e. The lowest BCUT2D eigenvalue weighted by molar-refractivity contribution is -0.125. The van der Waals surface area contributed by atoms with Crippen LogP contribution in [0, 0.1) is 19.7 Å². The van der Waals surface area contributed by atoms with Gasteiger partial charge in [-0.25, -0.2) is 9.02 Å². The number of hydrogen-bond acceptors (Lipinski definition) is 5. The number of rotatable bonds is 5. The van der Waals surface area contributed by atoms with Gasteiger partial charge in [0.05, 0.1) is 6.42 Å². The molecule has 0 fully saturated rings. The quantitative estimate of drug-likeness (QED) is 0.870. The summed E-state index contributed by atoms with van der Waals surface area (Å²) in [6, 6.07) is 3.29. The van der Waals surface area contributed by atoms with Crippen molar-refractivity contribution in [3.63, 3.8) is 0 Å². The van der Waals surface area contributed by atoms with E-state index in [1.807, 2.05) is 0 Å². The van der Waals surface area contributed by atoms with Crippen LogP contribution < -0.4 is 10.6 Å². The van der Waals surface area contributed by atoms with Crippen LogP contribution in [0.3, 0.4) is 0 Å². The van der Waals surface area contributed by atoms with E-state index in [1.54, 1.807) is 20.8 Å². The highest BCUT2D eigenvalue weighted by atomic mass is 19.1. The summed E-state index contributed by atoms with van der Waals surface area (Å²) >= 11 is 0. The fourth-order valence-corrected chi connectivity index (χ4v) is 1.93. The number of benzene rings is 1. The Morgan fingerprint density at radius 2 is 2.04 bits per heavy atom. The first-order valence-electron chi connectivity index (χ1n) is 7.01. The number of carbonyl (C=O) groups is 2. The van der Waals surface area contributed by atoms with Gasteiger partial charge in [0.2, 0.25) is 11.8 Å². The standard InChI is InChI=1S/C15H17FN4O3/c1-8-6-11(16)4-5-12(8)18-15(22)10(3)17-14(21)7-13-9(2)19-23-20-13/h4-6,10H,7H2,1-3H3,(H,17,21)(H,18,22). The molecule has 23 heavy (non-hydrogen) atoms. The fourth-order valence-electron chi connectivity index (χ4n) is 1.93. The number of hydrogen-bond donors (Lipinski definition) is 2. The number of nitrogens with one attached hydrogen (secondary N) is 2. The highest BCUT2D eigenvalue weighted by Gasteiger charge is 2.18. The van der Waals surface area contributed by atoms with Gasteiger partial charge < -0.3 is 10.6 Å². The molecule has 0 aliphatic rings. The number of aromatic nitrogens is 2. The Labute approximate surface area is 132 Å². The molecule has 1 unspecified atom stereocenters. The van der Waals surface area contributed by atoms with Gasteiger partial charge in [0.15, 0.2) is 0 Å². The van der Waals surface area contributed by atoms with Crippen LogP contribution in [0.25, 0.3) is 0 Å². The Balaban J connectivity index is 1.92. The normalized spacial score (nSPS) is 11.8. The van der Waals surface area contributed by atoms with Crippen LogP contribution in [-0.2, 0) is 16.0 Å². The van der Waals surface area contributed by atoms with Gasteiger partial charge in [0.25, 0.3) is 0 Å². The van der Waals surface area contributed by atoms with Gasteiger partial charge in [0.1, 0.15) is 23.2 Å². The molecule has 1 aromatic carbocycles. The Morgan fingerprint density at radius 3 is 2.65 bits per heavy atom. The first-order valence-corrected chi connectivity index (χ1v) is 7.01. The van der Waals surface area contributed by atoms with E-state index in [2.05, 4.69) is 25.6 Å². The molecule has 122 valence electrons. The molecule has 7 nitrogen and oxygen atoms in total. The van der Waals surface area contributed by atoms with Gasteiger partial charge in [-0.05, 0) is 44.5 Å². The predicted octanol–water partition coefficient (Wildman–Crippen LogP) is 1.51. The van der Waals surface area contributed by atoms with Crippen molar-refractivity contribution in [1.29, 1.82) is 0 Å². The van der Waals surface area contributed by atoms with E-state index in [1.165, 1.54) is 18.2 Å². The summed E-state index contributed by atoms with van der Waals surface area (Å²) in [5.41, 5.74) is 2.04. The predicted molar refractivity (Wildman–Crippen MR) is 80.1 cm³/mol. The summed E-state index contributed by atoms with van der Waals surface area (Å²) in [5.74, 6) is -1.15. The highest BCUT2D eigenvalue weighted by molar-refractivity contribution is 5.97. The van der Waals surface area contributed by atoms with Crippen LogP contribution >= 0.6 is 0 Å². The van der Waals surface area contributed by atoms with Gasteiger partial charge in [-0.1, -0.05) is 10.3 Å². The monoisotopic (exact) mass is 320 g/mol. The van der Waals surface area contributed by atoms with Crippen LogP contribution in [0.2, 0.25) is 0 Å². The Kier molecular flexibility index (Phi) is 5.05. The van der Waals surface area contributed by atoms with Crippen molar-refractivity contribution in [2.24, 2.45) is 0 Å². The molecule has 2 N–H and O–H groups in total. The number of carbonyl (C=O) groups excluding carboxylic acids is 2. The lowest BCUT2D eigenvalue weighted by atomic mass is 10.2. The third-order valence-electron chi connectivity index (χ3n) is 3.29. The first-order chi connectivity index (χ1) is 10.9. The minimum absolute atomic E-state index is 0.0253. The second kappa shape index (κ2) is 6.99. The molecule has 2 amide bonds. The molecule has 1 aromatic heterocycles. The summed E-state index contributed by atoms with van der Waals surface area (Å²) < 4.78 is 17.6. The zero-order valence-electron chi connectivity index (χ0n) is 13.0. The molecule has 0 saturated heterocycles. The Hall–Kier alpha value is -2.77. The van der Waals surface area contributed by atoms with Crippen molar-refractivity contribution in [3.8, 4) is 0 Å². The summed E-state index contributed by atoms with van der Waals surface area (Å²) in [5, 5.41) is 12.4. The molecule has 0 aliphatic heterocycles. The van der Waals surface area contributed by atoms with E-state index in [4.69, 9.17) is 0 Å². The molecule has 0 bridgehead atoms. The van der Waals surface area contributed by atoms with Crippen LogP contribution in [0.15, 0.2) is 22.8 Å². The van der Waals surface area contributed by atoms with Crippen molar-refractivity contribution < 1.29 is 18.6 Å². The van der Waals surface area contributed by atoms with E-state index < -0.39 is 11.9 Å². The minimum atomic E-state index is -0.757. The third kappa shape index (κ3) is 4.35.